The van der Waals surface area contributed by atoms with Crippen LogP contribution in [0.3, 0.4) is 0 Å². The predicted molar refractivity (Wildman–Crippen MR) is 126 cm³/mol. The molecule has 0 bridgehead atoms. The summed E-state index contributed by atoms with van der Waals surface area (Å²) in [5, 5.41) is 8.92. The molecule has 1 unspecified atom stereocenters. The number of methoxy groups -OCH3 is 1. The normalized spacial score (nSPS) is 18.2. The van der Waals surface area contributed by atoms with Crippen LogP contribution in [-0.2, 0) is 6.54 Å². The van der Waals surface area contributed by atoms with E-state index >= 15 is 0 Å². The van der Waals surface area contributed by atoms with Gasteiger partial charge in [0, 0.05) is 60.3 Å². The Kier molecular flexibility index (Phi) is 6.18. The lowest BCUT2D eigenvalue weighted by Crippen LogP contribution is -2.52. The Labute approximate surface area is 199 Å². The van der Waals surface area contributed by atoms with E-state index in [2.05, 4.69) is 20.1 Å². The Morgan fingerprint density at radius 3 is 2.80 bits per heavy atom. The molecule has 1 saturated heterocycles. The van der Waals surface area contributed by atoms with Crippen LogP contribution in [0.2, 0.25) is 0 Å². The lowest BCUT2D eigenvalue weighted by molar-refractivity contribution is -0.147. The fourth-order valence-corrected chi connectivity index (χ4v) is 5.05. The van der Waals surface area contributed by atoms with Gasteiger partial charge in [-0.25, -0.2) is 8.78 Å². The van der Waals surface area contributed by atoms with Crippen LogP contribution in [0.25, 0.3) is 21.8 Å². The first-order valence-corrected chi connectivity index (χ1v) is 11.5. The topological polar surface area (TPSA) is 60.2 Å². The van der Waals surface area contributed by atoms with Gasteiger partial charge in [0.25, 0.3) is 0 Å². The van der Waals surface area contributed by atoms with E-state index in [4.69, 9.17) is 4.74 Å². The van der Waals surface area contributed by atoms with Crippen molar-refractivity contribution in [3.05, 3.63) is 59.4 Å². The predicted octanol–water partition coefficient (Wildman–Crippen LogP) is 5.12. The molecular formula is C25H27F4N5O. The van der Waals surface area contributed by atoms with Gasteiger partial charge in [-0.05, 0) is 42.3 Å². The minimum Gasteiger partial charge on any atom is -0.496 e. The number of halogens is 4. The smallest absolute Gasteiger partial charge is 0.319 e. The van der Waals surface area contributed by atoms with Crippen LogP contribution in [-0.4, -0.2) is 70.6 Å². The summed E-state index contributed by atoms with van der Waals surface area (Å²) in [6.45, 7) is 2.46. The molecule has 0 saturated carbocycles. The number of fused-ring (bicyclic) bond motifs is 2. The summed E-state index contributed by atoms with van der Waals surface area (Å²) in [5.74, 6) is -3.30. The number of ether oxygens (including phenoxy) is 1. The van der Waals surface area contributed by atoms with Gasteiger partial charge >= 0.3 is 12.3 Å². The monoisotopic (exact) mass is 489 g/mol. The van der Waals surface area contributed by atoms with E-state index in [1.54, 1.807) is 13.3 Å². The SMILES string of the molecule is COc1cc(C)c2[nH]ccc2c1CN1CCN(CC(F)(F)C(F)F)CC1c1ccc2[nH]ncc2c1. The van der Waals surface area contributed by atoms with Crippen LogP contribution in [0.5, 0.6) is 5.75 Å². The van der Waals surface area contributed by atoms with E-state index in [0.717, 1.165) is 44.2 Å². The minimum atomic E-state index is -4.06. The van der Waals surface area contributed by atoms with Crippen molar-refractivity contribution in [2.45, 2.75) is 31.9 Å². The molecule has 35 heavy (non-hydrogen) atoms. The molecule has 5 rings (SSSR count). The van der Waals surface area contributed by atoms with Gasteiger partial charge < -0.3 is 9.72 Å². The Morgan fingerprint density at radius 1 is 1.20 bits per heavy atom. The molecule has 1 aliphatic heterocycles. The molecule has 10 heteroatoms. The maximum absolute atomic E-state index is 13.9. The largest absolute Gasteiger partial charge is 0.496 e. The van der Waals surface area contributed by atoms with E-state index < -0.39 is 18.9 Å². The van der Waals surface area contributed by atoms with Crippen LogP contribution in [0.1, 0.15) is 22.7 Å². The fraction of sp³-hybridized carbons (Fsp3) is 0.400. The Balaban J connectivity index is 1.50. The van der Waals surface area contributed by atoms with Gasteiger partial charge in [-0.15, -0.1) is 0 Å². The molecule has 2 aromatic heterocycles. The summed E-state index contributed by atoms with van der Waals surface area (Å²) in [4.78, 5) is 6.92. The van der Waals surface area contributed by atoms with Crippen LogP contribution < -0.4 is 4.74 Å². The number of H-pyrrole nitrogens is 2. The number of nitrogens with zero attached hydrogens (tertiary/aromatic N) is 3. The summed E-state index contributed by atoms with van der Waals surface area (Å²) in [6, 6.07) is 9.52. The van der Waals surface area contributed by atoms with Crippen LogP contribution in [0, 0.1) is 6.92 Å². The average Bonchev–Trinajstić information content (AvgIpc) is 3.50. The average molecular weight is 490 g/mol. The number of hydrogen-bond donors (Lipinski definition) is 2. The molecule has 1 fully saturated rings. The first-order chi connectivity index (χ1) is 16.8. The third-order valence-electron chi connectivity index (χ3n) is 6.87. The molecule has 0 amide bonds. The highest BCUT2D eigenvalue weighted by molar-refractivity contribution is 5.88. The number of rotatable bonds is 7. The summed E-state index contributed by atoms with van der Waals surface area (Å²) in [6.07, 6.45) is -0.101. The number of piperazine rings is 1. The maximum atomic E-state index is 13.9. The summed E-state index contributed by atoms with van der Waals surface area (Å²) in [7, 11) is 1.63. The fourth-order valence-electron chi connectivity index (χ4n) is 5.05. The van der Waals surface area contributed by atoms with Gasteiger partial charge in [-0.1, -0.05) is 6.07 Å². The molecule has 6 nitrogen and oxygen atoms in total. The zero-order chi connectivity index (χ0) is 24.7. The quantitative estimate of drug-likeness (QED) is 0.354. The lowest BCUT2D eigenvalue weighted by Gasteiger charge is -2.42. The van der Waals surface area contributed by atoms with E-state index in [1.165, 1.54) is 4.90 Å². The van der Waals surface area contributed by atoms with E-state index in [0.29, 0.717) is 13.1 Å². The van der Waals surface area contributed by atoms with Crippen molar-refractivity contribution in [1.82, 2.24) is 25.0 Å². The van der Waals surface area contributed by atoms with Crippen molar-refractivity contribution in [2.75, 3.05) is 33.3 Å². The number of hydrogen-bond acceptors (Lipinski definition) is 4. The molecule has 4 aromatic rings. The molecule has 1 aliphatic rings. The second-order valence-electron chi connectivity index (χ2n) is 9.14. The third kappa shape index (κ3) is 4.48. The lowest BCUT2D eigenvalue weighted by atomic mass is 9.98. The van der Waals surface area contributed by atoms with Crippen molar-refractivity contribution in [1.29, 1.82) is 0 Å². The highest BCUT2D eigenvalue weighted by Gasteiger charge is 2.43. The molecule has 0 radical (unpaired) electrons. The number of benzene rings is 2. The Hall–Kier alpha value is -3.11. The molecule has 3 heterocycles. The first kappa shape index (κ1) is 23.6. The summed E-state index contributed by atoms with van der Waals surface area (Å²) < 4.78 is 59.3. The number of nitrogens with one attached hydrogen (secondary N) is 2. The van der Waals surface area contributed by atoms with Gasteiger partial charge in [-0.2, -0.15) is 13.9 Å². The van der Waals surface area contributed by atoms with E-state index in [1.807, 2.05) is 43.5 Å². The standard InChI is InChI=1S/C25H27F4N5O/c1-15-9-22(35-2)19(18-5-6-30-23(15)18)12-34-8-7-33(14-25(28,29)24(26)27)13-21(34)16-3-4-20-17(10-16)11-31-32-20/h3-6,9-11,21,24,30H,7-8,12-14H2,1-2H3,(H,31,32). The molecule has 0 spiro atoms. The molecule has 186 valence electrons. The molecule has 1 atom stereocenters. The van der Waals surface area contributed by atoms with Crippen molar-refractivity contribution in [2.24, 2.45) is 0 Å². The van der Waals surface area contributed by atoms with E-state index in [-0.39, 0.29) is 19.1 Å². The van der Waals surface area contributed by atoms with Crippen LogP contribution in [0.4, 0.5) is 17.6 Å². The molecule has 0 aliphatic carbocycles. The molecular weight excluding hydrogens is 462 g/mol. The zero-order valence-electron chi connectivity index (χ0n) is 19.5. The van der Waals surface area contributed by atoms with Gasteiger partial charge in [0.05, 0.1) is 25.4 Å². The Morgan fingerprint density at radius 2 is 2.03 bits per heavy atom. The first-order valence-electron chi connectivity index (χ1n) is 11.5. The molecule has 2 aromatic carbocycles. The molecule has 2 N–H and O–H groups in total. The zero-order valence-corrected chi connectivity index (χ0v) is 19.5. The van der Waals surface area contributed by atoms with Crippen LogP contribution >= 0.6 is 0 Å². The van der Waals surface area contributed by atoms with Gasteiger partial charge in [0.2, 0.25) is 0 Å². The van der Waals surface area contributed by atoms with Gasteiger partial charge in [-0.3, -0.25) is 14.9 Å². The van der Waals surface area contributed by atoms with Crippen molar-refractivity contribution < 1.29 is 22.3 Å². The van der Waals surface area contributed by atoms with E-state index in [9.17, 15) is 17.6 Å². The second-order valence-corrected chi connectivity index (χ2v) is 9.14. The number of alkyl halides is 4. The minimum absolute atomic E-state index is 0.204. The van der Waals surface area contributed by atoms with Gasteiger partial charge in [0.15, 0.2) is 0 Å². The highest BCUT2D eigenvalue weighted by Crippen LogP contribution is 2.36. The summed E-state index contributed by atoms with van der Waals surface area (Å²) in [5.41, 5.74) is 4.86. The highest BCUT2D eigenvalue weighted by atomic mass is 19.3. The number of aromatic nitrogens is 3. The second kappa shape index (κ2) is 9.16. The maximum Gasteiger partial charge on any atom is 0.319 e. The summed E-state index contributed by atoms with van der Waals surface area (Å²) >= 11 is 0. The third-order valence-corrected chi connectivity index (χ3v) is 6.87. The van der Waals surface area contributed by atoms with Crippen molar-refractivity contribution in [3.63, 3.8) is 0 Å². The van der Waals surface area contributed by atoms with Crippen molar-refractivity contribution >= 4 is 21.8 Å². The van der Waals surface area contributed by atoms with Gasteiger partial charge in [0.1, 0.15) is 5.75 Å². The number of aryl methyl sites for hydroxylation is 1. The Bertz CT molecular complexity index is 1330. The van der Waals surface area contributed by atoms with Crippen LogP contribution in [0.15, 0.2) is 42.7 Å². The number of aromatic amines is 2. The van der Waals surface area contributed by atoms with Crippen molar-refractivity contribution in [3.8, 4) is 5.75 Å².